The summed E-state index contributed by atoms with van der Waals surface area (Å²) in [6.07, 6.45) is 0.972. The van der Waals surface area contributed by atoms with Crippen LogP contribution < -0.4 is 5.32 Å². The van der Waals surface area contributed by atoms with Crippen LogP contribution in [0.25, 0.3) is 0 Å². The van der Waals surface area contributed by atoms with Gasteiger partial charge in [0.1, 0.15) is 11.0 Å². The Bertz CT molecular complexity index is 305. The highest BCUT2D eigenvalue weighted by molar-refractivity contribution is 6.30. The minimum absolute atomic E-state index is 0.606. The zero-order chi connectivity index (χ0) is 10.7. The lowest BCUT2D eigenvalue weighted by Crippen LogP contribution is -2.06. The molecule has 1 N–H and O–H groups in total. The molecule has 80 valence electrons. The molecule has 0 unspecified atom stereocenters. The van der Waals surface area contributed by atoms with Crippen LogP contribution in [0.2, 0.25) is 5.15 Å². The first-order valence-electron chi connectivity index (χ1n) is 4.90. The van der Waals surface area contributed by atoms with Crippen molar-refractivity contribution in [3.05, 3.63) is 16.7 Å². The van der Waals surface area contributed by atoms with Crippen LogP contribution in [0.15, 0.2) is 0 Å². The Morgan fingerprint density at radius 2 is 2.14 bits per heavy atom. The second kappa shape index (κ2) is 4.80. The van der Waals surface area contributed by atoms with E-state index in [1.165, 1.54) is 0 Å². The normalized spacial score (nSPS) is 11.3. The van der Waals surface area contributed by atoms with E-state index < -0.39 is 0 Å². The molecule has 0 saturated carbocycles. The Balaban J connectivity index is 2.90. The van der Waals surface area contributed by atoms with Crippen LogP contribution in [0.1, 0.15) is 25.4 Å². The number of hydrogen-bond donors (Lipinski definition) is 1. The Hall–Kier alpha value is -0.540. The molecule has 0 spiro atoms. The van der Waals surface area contributed by atoms with Crippen LogP contribution in [0, 0.1) is 5.92 Å². The van der Waals surface area contributed by atoms with Gasteiger partial charge in [-0.15, -0.1) is 0 Å². The van der Waals surface area contributed by atoms with Crippen LogP contribution in [0.5, 0.6) is 0 Å². The van der Waals surface area contributed by atoms with Gasteiger partial charge in [-0.3, -0.25) is 0 Å². The molecule has 3 nitrogen and oxygen atoms in total. The molecule has 0 bridgehead atoms. The number of imidazole rings is 1. The predicted octanol–water partition coefficient (Wildman–Crippen LogP) is 1.99. The third-order valence-corrected chi connectivity index (χ3v) is 2.59. The highest BCUT2D eigenvalue weighted by Gasteiger charge is 2.12. The van der Waals surface area contributed by atoms with Gasteiger partial charge in [0.2, 0.25) is 0 Å². The molecule has 1 aromatic rings. The molecular weight excluding hydrogens is 198 g/mol. The third-order valence-electron chi connectivity index (χ3n) is 2.12. The number of nitrogens with zero attached hydrogens (tertiary/aromatic N) is 2. The molecule has 0 fully saturated rings. The first kappa shape index (κ1) is 11.5. The van der Waals surface area contributed by atoms with Crippen molar-refractivity contribution >= 4 is 11.6 Å². The van der Waals surface area contributed by atoms with Crippen LogP contribution in [-0.4, -0.2) is 16.6 Å². The van der Waals surface area contributed by atoms with Gasteiger partial charge in [-0.25, -0.2) is 4.98 Å². The molecule has 4 heteroatoms. The molecule has 0 aliphatic heterocycles. The van der Waals surface area contributed by atoms with Gasteiger partial charge in [0.25, 0.3) is 0 Å². The first-order valence-corrected chi connectivity index (χ1v) is 5.28. The Morgan fingerprint density at radius 3 is 2.64 bits per heavy atom. The average Bonchev–Trinajstić information content (AvgIpc) is 2.34. The van der Waals surface area contributed by atoms with Crippen LogP contribution >= 0.6 is 11.6 Å². The highest BCUT2D eigenvalue weighted by Crippen LogP contribution is 2.18. The van der Waals surface area contributed by atoms with E-state index in [0.717, 1.165) is 29.6 Å². The van der Waals surface area contributed by atoms with Crippen molar-refractivity contribution in [2.45, 2.75) is 26.8 Å². The Kier molecular flexibility index (Phi) is 3.96. The minimum Gasteiger partial charge on any atom is -0.322 e. The molecule has 0 aromatic carbocycles. The molecular formula is C10H18ClN3. The van der Waals surface area contributed by atoms with Gasteiger partial charge in [0.15, 0.2) is 0 Å². The van der Waals surface area contributed by atoms with Crippen molar-refractivity contribution in [2.24, 2.45) is 13.0 Å². The summed E-state index contributed by atoms with van der Waals surface area (Å²) in [4.78, 5) is 4.51. The third kappa shape index (κ3) is 2.49. The Labute approximate surface area is 90.5 Å². The molecule has 0 aliphatic rings. The topological polar surface area (TPSA) is 29.9 Å². The van der Waals surface area contributed by atoms with Crippen molar-refractivity contribution in [1.82, 2.24) is 14.9 Å². The lowest BCUT2D eigenvalue weighted by molar-refractivity contribution is 0.601. The molecule has 0 aliphatic carbocycles. The minimum atomic E-state index is 0.606. The smallest absolute Gasteiger partial charge is 0.133 e. The predicted molar refractivity (Wildman–Crippen MR) is 59.5 cm³/mol. The van der Waals surface area contributed by atoms with Crippen molar-refractivity contribution in [1.29, 1.82) is 0 Å². The summed E-state index contributed by atoms with van der Waals surface area (Å²) in [7, 11) is 3.86. The van der Waals surface area contributed by atoms with Gasteiger partial charge in [-0.05, 0) is 13.0 Å². The van der Waals surface area contributed by atoms with E-state index >= 15 is 0 Å². The molecule has 1 rings (SSSR count). The summed E-state index contributed by atoms with van der Waals surface area (Å²) < 4.78 is 1.97. The average molecular weight is 216 g/mol. The summed E-state index contributed by atoms with van der Waals surface area (Å²) in [5.74, 6) is 1.67. The summed E-state index contributed by atoms with van der Waals surface area (Å²) in [5.41, 5.74) is 0.937. The van der Waals surface area contributed by atoms with Crippen molar-refractivity contribution in [3.63, 3.8) is 0 Å². The fourth-order valence-electron chi connectivity index (χ4n) is 1.41. The fraction of sp³-hybridized carbons (Fsp3) is 0.700. The molecule has 0 radical (unpaired) electrons. The standard InChI is InChI=1S/C10H18ClN3/c1-7(2)5-9-13-8(6-12-3)10(11)14(9)4/h7,12H,5-6H2,1-4H3. The second-order valence-corrected chi connectivity index (χ2v) is 4.31. The van der Waals surface area contributed by atoms with Gasteiger partial charge in [0.05, 0.1) is 5.69 Å². The maximum Gasteiger partial charge on any atom is 0.133 e. The molecule has 14 heavy (non-hydrogen) atoms. The summed E-state index contributed by atoms with van der Waals surface area (Å²) in [6.45, 7) is 5.09. The van der Waals surface area contributed by atoms with Gasteiger partial charge >= 0.3 is 0 Å². The zero-order valence-corrected chi connectivity index (χ0v) is 10.0. The van der Waals surface area contributed by atoms with E-state index in [1.54, 1.807) is 0 Å². The second-order valence-electron chi connectivity index (χ2n) is 3.95. The lowest BCUT2D eigenvalue weighted by atomic mass is 10.1. The first-order chi connectivity index (χ1) is 6.56. The number of hydrogen-bond acceptors (Lipinski definition) is 2. The van der Waals surface area contributed by atoms with Crippen LogP contribution in [-0.2, 0) is 20.0 Å². The SMILES string of the molecule is CNCc1nc(CC(C)C)n(C)c1Cl. The van der Waals surface area contributed by atoms with Gasteiger partial charge in [0, 0.05) is 20.0 Å². The fourth-order valence-corrected chi connectivity index (χ4v) is 1.62. The van der Waals surface area contributed by atoms with Crippen molar-refractivity contribution in [3.8, 4) is 0 Å². The van der Waals surface area contributed by atoms with Crippen molar-refractivity contribution < 1.29 is 0 Å². The van der Waals surface area contributed by atoms with Gasteiger partial charge in [-0.2, -0.15) is 0 Å². The van der Waals surface area contributed by atoms with E-state index in [4.69, 9.17) is 11.6 Å². The lowest BCUT2D eigenvalue weighted by Gasteiger charge is -2.04. The summed E-state index contributed by atoms with van der Waals surface area (Å²) in [6, 6.07) is 0. The Morgan fingerprint density at radius 1 is 1.50 bits per heavy atom. The molecule has 1 heterocycles. The van der Waals surface area contributed by atoms with E-state index in [9.17, 15) is 0 Å². The highest BCUT2D eigenvalue weighted by atomic mass is 35.5. The number of rotatable bonds is 4. The summed E-state index contributed by atoms with van der Waals surface area (Å²) >= 11 is 6.14. The van der Waals surface area contributed by atoms with Crippen LogP contribution in [0.4, 0.5) is 0 Å². The molecule has 0 saturated heterocycles. The van der Waals surface area contributed by atoms with Crippen molar-refractivity contribution in [2.75, 3.05) is 7.05 Å². The molecule has 0 atom stereocenters. The van der Waals surface area contributed by atoms with Gasteiger partial charge < -0.3 is 9.88 Å². The molecule has 0 amide bonds. The summed E-state index contributed by atoms with van der Waals surface area (Å²) in [5, 5.41) is 3.80. The van der Waals surface area contributed by atoms with Gasteiger partial charge in [-0.1, -0.05) is 25.4 Å². The number of nitrogens with one attached hydrogen (secondary N) is 1. The number of halogens is 1. The van der Waals surface area contributed by atoms with E-state index in [1.807, 2.05) is 18.7 Å². The van der Waals surface area contributed by atoms with E-state index in [-0.39, 0.29) is 0 Å². The van der Waals surface area contributed by atoms with Crippen LogP contribution in [0.3, 0.4) is 0 Å². The maximum absolute atomic E-state index is 6.14. The zero-order valence-electron chi connectivity index (χ0n) is 9.26. The maximum atomic E-state index is 6.14. The largest absolute Gasteiger partial charge is 0.322 e. The van der Waals surface area contributed by atoms with E-state index in [0.29, 0.717) is 5.92 Å². The quantitative estimate of drug-likeness (QED) is 0.833. The monoisotopic (exact) mass is 215 g/mol. The number of aromatic nitrogens is 2. The molecule has 1 aromatic heterocycles. The van der Waals surface area contributed by atoms with E-state index in [2.05, 4.69) is 24.1 Å².